The van der Waals surface area contributed by atoms with Gasteiger partial charge in [-0.25, -0.2) is 0 Å². The van der Waals surface area contributed by atoms with Crippen molar-refractivity contribution in [3.8, 4) is 17.2 Å². The zero-order valence-corrected chi connectivity index (χ0v) is 19.8. The number of likely N-dealkylation sites (tertiary alicyclic amines) is 1. The smallest absolute Gasteiger partial charge is 0.266 e. The minimum atomic E-state index is -0.188. The molecule has 0 aromatic heterocycles. The van der Waals surface area contributed by atoms with Crippen molar-refractivity contribution >= 4 is 46.2 Å². The minimum absolute atomic E-state index is 0.0876. The number of thioether (sulfide) groups is 1. The van der Waals surface area contributed by atoms with Crippen molar-refractivity contribution in [2.75, 3.05) is 41.0 Å². The highest BCUT2D eigenvalue weighted by molar-refractivity contribution is 8.26. The fraction of sp³-hybridized carbons (Fsp3) is 0.500. The van der Waals surface area contributed by atoms with Crippen LogP contribution in [-0.2, 0) is 9.59 Å². The zero-order valence-electron chi connectivity index (χ0n) is 18.1. The van der Waals surface area contributed by atoms with Crippen molar-refractivity contribution in [2.24, 2.45) is 0 Å². The van der Waals surface area contributed by atoms with E-state index in [2.05, 4.69) is 0 Å². The summed E-state index contributed by atoms with van der Waals surface area (Å²) in [6.45, 7) is 1.91. The number of hydrogen-bond acceptors (Lipinski definition) is 7. The van der Waals surface area contributed by atoms with Crippen LogP contribution in [0.3, 0.4) is 0 Å². The van der Waals surface area contributed by atoms with E-state index in [-0.39, 0.29) is 18.2 Å². The maximum atomic E-state index is 12.9. The van der Waals surface area contributed by atoms with Crippen molar-refractivity contribution in [1.29, 1.82) is 0 Å². The predicted molar refractivity (Wildman–Crippen MR) is 126 cm³/mol. The van der Waals surface area contributed by atoms with Crippen molar-refractivity contribution in [1.82, 2.24) is 9.80 Å². The number of rotatable bonds is 7. The van der Waals surface area contributed by atoms with E-state index in [1.165, 1.54) is 36.6 Å². The third kappa shape index (κ3) is 5.51. The average molecular weight is 465 g/mol. The summed E-state index contributed by atoms with van der Waals surface area (Å²) in [4.78, 5) is 29.4. The summed E-state index contributed by atoms with van der Waals surface area (Å²) in [5.41, 5.74) is 0.732. The normalized spacial score (nSPS) is 18.4. The number of carbonyl (C=O) groups is 2. The number of methoxy groups -OCH3 is 3. The van der Waals surface area contributed by atoms with Gasteiger partial charge in [0.25, 0.3) is 5.91 Å². The van der Waals surface area contributed by atoms with Gasteiger partial charge in [0, 0.05) is 26.1 Å². The Morgan fingerprint density at radius 3 is 2.23 bits per heavy atom. The molecule has 0 radical (unpaired) electrons. The average Bonchev–Trinajstić information content (AvgIpc) is 2.96. The standard InChI is InChI=1S/C22H28N2O5S2/c1-27-16-12-15(13-17(28-2)20(16)29-3)14-18-21(26)24(22(30)31-18)11-8-19(25)23-9-6-4-5-7-10-23/h12-14H,4-11H2,1-3H3. The molecule has 9 heteroatoms. The Labute approximate surface area is 192 Å². The number of amides is 2. The van der Waals surface area contributed by atoms with Crippen LogP contribution in [0, 0.1) is 0 Å². The van der Waals surface area contributed by atoms with E-state index in [0.29, 0.717) is 33.0 Å². The lowest BCUT2D eigenvalue weighted by molar-refractivity contribution is -0.131. The first-order valence-electron chi connectivity index (χ1n) is 10.3. The molecular formula is C22H28N2O5S2. The predicted octanol–water partition coefficient (Wildman–Crippen LogP) is 3.71. The molecule has 0 atom stereocenters. The maximum Gasteiger partial charge on any atom is 0.266 e. The Balaban J connectivity index is 1.71. The van der Waals surface area contributed by atoms with Crippen LogP contribution in [0.15, 0.2) is 17.0 Å². The van der Waals surface area contributed by atoms with Gasteiger partial charge < -0.3 is 19.1 Å². The number of nitrogens with zero attached hydrogens (tertiary/aromatic N) is 2. The second-order valence-electron chi connectivity index (χ2n) is 7.34. The first-order chi connectivity index (χ1) is 15.0. The summed E-state index contributed by atoms with van der Waals surface area (Å²) < 4.78 is 16.6. The highest BCUT2D eigenvalue weighted by Crippen LogP contribution is 2.40. The van der Waals surface area contributed by atoms with Gasteiger partial charge in [0.05, 0.1) is 26.2 Å². The van der Waals surface area contributed by atoms with Crippen LogP contribution in [0.1, 0.15) is 37.7 Å². The topological polar surface area (TPSA) is 68.3 Å². The first kappa shape index (κ1) is 23.4. The number of benzene rings is 1. The third-order valence-electron chi connectivity index (χ3n) is 5.37. The van der Waals surface area contributed by atoms with Crippen LogP contribution in [0.2, 0.25) is 0 Å². The fourth-order valence-corrected chi connectivity index (χ4v) is 5.02. The van der Waals surface area contributed by atoms with Gasteiger partial charge in [-0.3, -0.25) is 14.5 Å². The minimum Gasteiger partial charge on any atom is -0.493 e. The molecule has 2 saturated heterocycles. The van der Waals surface area contributed by atoms with Gasteiger partial charge in [-0.05, 0) is 36.6 Å². The molecule has 0 spiro atoms. The van der Waals surface area contributed by atoms with E-state index in [1.54, 1.807) is 32.4 Å². The van der Waals surface area contributed by atoms with Gasteiger partial charge in [-0.15, -0.1) is 0 Å². The summed E-state index contributed by atoms with van der Waals surface area (Å²) in [6.07, 6.45) is 6.47. The van der Waals surface area contributed by atoms with Gasteiger partial charge in [-0.2, -0.15) is 0 Å². The lowest BCUT2D eigenvalue weighted by Gasteiger charge is -2.22. The second kappa shape index (κ2) is 10.9. The monoisotopic (exact) mass is 464 g/mol. The second-order valence-corrected chi connectivity index (χ2v) is 9.01. The molecule has 1 aromatic rings. The van der Waals surface area contributed by atoms with Crippen molar-refractivity contribution in [3.05, 3.63) is 22.6 Å². The van der Waals surface area contributed by atoms with E-state index >= 15 is 0 Å². The van der Waals surface area contributed by atoms with E-state index < -0.39 is 0 Å². The Hall–Kier alpha value is -2.26. The molecule has 2 amide bonds. The Morgan fingerprint density at radius 1 is 1.06 bits per heavy atom. The van der Waals surface area contributed by atoms with Crippen molar-refractivity contribution in [3.63, 3.8) is 0 Å². The first-order valence-corrected chi connectivity index (χ1v) is 11.5. The largest absolute Gasteiger partial charge is 0.493 e. The Kier molecular flexibility index (Phi) is 8.20. The van der Waals surface area contributed by atoms with Crippen LogP contribution in [0.25, 0.3) is 6.08 Å². The molecule has 3 rings (SSSR count). The maximum absolute atomic E-state index is 12.9. The van der Waals surface area contributed by atoms with Crippen molar-refractivity contribution in [2.45, 2.75) is 32.1 Å². The van der Waals surface area contributed by atoms with Gasteiger partial charge >= 0.3 is 0 Å². The molecule has 2 heterocycles. The summed E-state index contributed by atoms with van der Waals surface area (Å²) >= 11 is 6.65. The van der Waals surface area contributed by atoms with Gasteiger partial charge in [-0.1, -0.05) is 36.8 Å². The highest BCUT2D eigenvalue weighted by atomic mass is 32.2. The molecule has 168 valence electrons. The van der Waals surface area contributed by atoms with Gasteiger partial charge in [0.2, 0.25) is 11.7 Å². The molecule has 7 nitrogen and oxygen atoms in total. The molecule has 2 aliphatic heterocycles. The van der Waals surface area contributed by atoms with Crippen LogP contribution in [0.4, 0.5) is 0 Å². The number of ether oxygens (including phenoxy) is 3. The number of thiocarbonyl (C=S) groups is 1. The molecule has 2 aliphatic rings. The fourth-order valence-electron chi connectivity index (χ4n) is 3.71. The van der Waals surface area contributed by atoms with Crippen molar-refractivity contribution < 1.29 is 23.8 Å². The number of hydrogen-bond donors (Lipinski definition) is 0. The molecule has 0 bridgehead atoms. The molecule has 0 saturated carbocycles. The molecule has 0 unspecified atom stereocenters. The van der Waals surface area contributed by atoms with Crippen LogP contribution in [0.5, 0.6) is 17.2 Å². The molecular weight excluding hydrogens is 436 g/mol. The van der Waals surface area contributed by atoms with Crippen LogP contribution >= 0.6 is 24.0 Å². The number of carbonyl (C=O) groups excluding carboxylic acids is 2. The van der Waals surface area contributed by atoms with E-state index in [0.717, 1.165) is 31.5 Å². The summed E-state index contributed by atoms with van der Waals surface area (Å²) in [6, 6.07) is 3.55. The lowest BCUT2D eigenvalue weighted by Crippen LogP contribution is -2.36. The molecule has 31 heavy (non-hydrogen) atoms. The quantitative estimate of drug-likeness (QED) is 0.450. The van der Waals surface area contributed by atoms with E-state index in [4.69, 9.17) is 26.4 Å². The lowest BCUT2D eigenvalue weighted by atomic mass is 10.1. The molecule has 0 N–H and O–H groups in total. The zero-order chi connectivity index (χ0) is 22.4. The summed E-state index contributed by atoms with van der Waals surface area (Å²) in [7, 11) is 4.63. The molecule has 2 fully saturated rings. The third-order valence-corrected chi connectivity index (χ3v) is 6.74. The Morgan fingerprint density at radius 2 is 1.68 bits per heavy atom. The highest BCUT2D eigenvalue weighted by Gasteiger charge is 2.32. The van der Waals surface area contributed by atoms with Crippen LogP contribution in [-0.4, -0.2) is 66.9 Å². The SMILES string of the molecule is COc1cc(C=C2SC(=S)N(CCC(=O)N3CCCCCC3)C2=O)cc(OC)c1OC. The van der Waals surface area contributed by atoms with Crippen LogP contribution < -0.4 is 14.2 Å². The molecule has 0 aliphatic carbocycles. The summed E-state index contributed by atoms with van der Waals surface area (Å²) in [5, 5.41) is 0. The van der Waals surface area contributed by atoms with E-state index in [9.17, 15) is 9.59 Å². The van der Waals surface area contributed by atoms with Gasteiger partial charge in [0.1, 0.15) is 4.32 Å². The summed E-state index contributed by atoms with van der Waals surface area (Å²) in [5.74, 6) is 1.40. The van der Waals surface area contributed by atoms with Gasteiger partial charge in [0.15, 0.2) is 11.5 Å². The van der Waals surface area contributed by atoms with E-state index in [1.807, 2.05) is 4.90 Å². The Bertz CT molecular complexity index is 854. The molecule has 1 aromatic carbocycles.